The van der Waals surface area contributed by atoms with Crippen LogP contribution in [-0.2, 0) is 0 Å². The molecule has 0 aromatic rings. The predicted molar refractivity (Wildman–Crippen MR) is 62.6 cm³/mol. The Kier molecular flexibility index (Phi) is 4.39. The number of hydrogen-bond acceptors (Lipinski definition) is 2. The average Bonchev–Trinajstić information content (AvgIpc) is 2.08. The number of rotatable bonds is 5. The molecule has 0 spiro atoms. The molecule has 0 radical (unpaired) electrons. The van der Waals surface area contributed by atoms with Crippen molar-refractivity contribution in [1.29, 1.82) is 0 Å². The number of hydrogen-bond donors (Lipinski definition) is 0. The molecule has 0 saturated carbocycles. The summed E-state index contributed by atoms with van der Waals surface area (Å²) in [7, 11) is 2.22. The van der Waals surface area contributed by atoms with Crippen LogP contribution in [0.4, 0.5) is 0 Å². The Labute approximate surface area is 89.3 Å². The van der Waals surface area contributed by atoms with Crippen molar-refractivity contribution in [2.45, 2.75) is 46.2 Å². The average molecular weight is 198 g/mol. The molecule has 1 atom stereocenters. The predicted octanol–water partition coefficient (Wildman–Crippen LogP) is 2.06. The van der Waals surface area contributed by atoms with Gasteiger partial charge in [-0.1, -0.05) is 6.92 Å². The third kappa shape index (κ3) is 3.25. The molecule has 0 amide bonds. The molecule has 1 fully saturated rings. The smallest absolute Gasteiger partial charge is 0.00793 e. The van der Waals surface area contributed by atoms with Crippen LogP contribution in [0.2, 0.25) is 0 Å². The topological polar surface area (TPSA) is 6.48 Å². The van der Waals surface area contributed by atoms with Gasteiger partial charge in [0.2, 0.25) is 0 Å². The van der Waals surface area contributed by atoms with Gasteiger partial charge < -0.3 is 4.90 Å². The van der Waals surface area contributed by atoms with Crippen molar-refractivity contribution in [3.05, 3.63) is 0 Å². The minimum atomic E-state index is 0.678. The standard InChI is InChI=1S/C12H26N2/c1-10(2)13(5)7-6-12(4)14-8-11(3)9-14/h10-12H,6-9H2,1-5H3. The van der Waals surface area contributed by atoms with Crippen LogP contribution in [-0.4, -0.2) is 48.6 Å². The molecule has 1 unspecified atom stereocenters. The molecule has 0 bridgehead atoms. The van der Waals surface area contributed by atoms with Gasteiger partial charge in [-0.2, -0.15) is 0 Å². The lowest BCUT2D eigenvalue weighted by Crippen LogP contribution is -2.50. The van der Waals surface area contributed by atoms with Crippen molar-refractivity contribution < 1.29 is 0 Å². The van der Waals surface area contributed by atoms with E-state index in [1.807, 2.05) is 0 Å². The molecule has 1 heterocycles. The van der Waals surface area contributed by atoms with E-state index in [0.717, 1.165) is 12.0 Å². The molecule has 14 heavy (non-hydrogen) atoms. The lowest BCUT2D eigenvalue weighted by Gasteiger charge is -2.42. The zero-order valence-corrected chi connectivity index (χ0v) is 10.5. The maximum atomic E-state index is 2.60. The maximum Gasteiger partial charge on any atom is 0.00793 e. The van der Waals surface area contributed by atoms with E-state index in [0.29, 0.717) is 6.04 Å². The first kappa shape index (κ1) is 12.0. The van der Waals surface area contributed by atoms with Crippen molar-refractivity contribution in [2.24, 2.45) is 5.92 Å². The molecule has 0 N–H and O–H groups in total. The highest BCUT2D eigenvalue weighted by Crippen LogP contribution is 2.19. The molecule has 2 nitrogen and oxygen atoms in total. The van der Waals surface area contributed by atoms with Gasteiger partial charge in [-0.3, -0.25) is 4.90 Å². The molecule has 1 aliphatic rings. The largest absolute Gasteiger partial charge is 0.304 e. The van der Waals surface area contributed by atoms with Gasteiger partial charge in [-0.25, -0.2) is 0 Å². The van der Waals surface area contributed by atoms with Crippen LogP contribution in [0.15, 0.2) is 0 Å². The molecule has 2 heteroatoms. The van der Waals surface area contributed by atoms with Crippen molar-refractivity contribution in [3.63, 3.8) is 0 Å². The van der Waals surface area contributed by atoms with Crippen molar-refractivity contribution in [2.75, 3.05) is 26.7 Å². The van der Waals surface area contributed by atoms with Gasteiger partial charge in [0.1, 0.15) is 0 Å². The quantitative estimate of drug-likeness (QED) is 0.667. The van der Waals surface area contributed by atoms with E-state index in [1.165, 1.54) is 26.1 Å². The van der Waals surface area contributed by atoms with Gasteiger partial charge in [0.25, 0.3) is 0 Å². The molecule has 1 aliphatic heterocycles. The van der Waals surface area contributed by atoms with E-state index in [2.05, 4.69) is 44.5 Å². The third-order valence-corrected chi connectivity index (χ3v) is 3.50. The van der Waals surface area contributed by atoms with E-state index < -0.39 is 0 Å². The Hall–Kier alpha value is -0.0800. The molecule has 1 rings (SSSR count). The van der Waals surface area contributed by atoms with E-state index in [-0.39, 0.29) is 0 Å². The van der Waals surface area contributed by atoms with E-state index in [9.17, 15) is 0 Å². The molecular weight excluding hydrogens is 172 g/mol. The summed E-state index contributed by atoms with van der Waals surface area (Å²) in [6, 6.07) is 1.45. The normalized spacial score (nSPS) is 21.6. The lowest BCUT2D eigenvalue weighted by atomic mass is 9.99. The second kappa shape index (κ2) is 5.13. The summed E-state index contributed by atoms with van der Waals surface area (Å²) in [5.74, 6) is 0.931. The zero-order chi connectivity index (χ0) is 10.7. The van der Waals surface area contributed by atoms with Gasteiger partial charge in [-0.15, -0.1) is 0 Å². The van der Waals surface area contributed by atoms with Crippen LogP contribution in [0.1, 0.15) is 34.1 Å². The summed E-state index contributed by atoms with van der Waals surface area (Å²) in [4.78, 5) is 5.03. The molecular formula is C12H26N2. The van der Waals surface area contributed by atoms with Crippen LogP contribution in [0.5, 0.6) is 0 Å². The molecule has 84 valence electrons. The van der Waals surface area contributed by atoms with Crippen LogP contribution in [0, 0.1) is 5.92 Å². The van der Waals surface area contributed by atoms with Gasteiger partial charge in [0.15, 0.2) is 0 Å². The Morgan fingerprint density at radius 2 is 1.86 bits per heavy atom. The highest BCUT2D eigenvalue weighted by molar-refractivity contribution is 4.81. The Morgan fingerprint density at radius 3 is 2.29 bits per heavy atom. The second-order valence-corrected chi connectivity index (χ2v) is 5.27. The zero-order valence-electron chi connectivity index (χ0n) is 10.5. The Morgan fingerprint density at radius 1 is 1.29 bits per heavy atom. The second-order valence-electron chi connectivity index (χ2n) is 5.27. The molecule has 0 aromatic heterocycles. The number of likely N-dealkylation sites (tertiary alicyclic amines) is 1. The van der Waals surface area contributed by atoms with Crippen molar-refractivity contribution in [3.8, 4) is 0 Å². The first-order valence-electron chi connectivity index (χ1n) is 5.95. The fraction of sp³-hybridized carbons (Fsp3) is 1.00. The highest BCUT2D eigenvalue weighted by Gasteiger charge is 2.26. The van der Waals surface area contributed by atoms with Crippen LogP contribution < -0.4 is 0 Å². The monoisotopic (exact) mass is 198 g/mol. The summed E-state index contributed by atoms with van der Waals surface area (Å²) in [5.41, 5.74) is 0. The van der Waals surface area contributed by atoms with Crippen molar-refractivity contribution in [1.82, 2.24) is 9.80 Å². The summed E-state index contributed by atoms with van der Waals surface area (Å²) in [6.07, 6.45) is 1.31. The molecule has 1 saturated heterocycles. The van der Waals surface area contributed by atoms with E-state index in [4.69, 9.17) is 0 Å². The van der Waals surface area contributed by atoms with Gasteiger partial charge in [-0.05, 0) is 46.7 Å². The first-order valence-corrected chi connectivity index (χ1v) is 5.95. The van der Waals surface area contributed by atoms with Crippen LogP contribution >= 0.6 is 0 Å². The first-order chi connectivity index (χ1) is 6.50. The lowest BCUT2D eigenvalue weighted by molar-refractivity contribution is 0.0605. The Balaban J connectivity index is 2.12. The minimum Gasteiger partial charge on any atom is -0.304 e. The maximum absolute atomic E-state index is 2.60. The third-order valence-electron chi connectivity index (χ3n) is 3.50. The molecule has 0 aliphatic carbocycles. The SMILES string of the molecule is CC1CN(C(C)CCN(C)C(C)C)C1. The summed E-state index contributed by atoms with van der Waals surface area (Å²) < 4.78 is 0. The fourth-order valence-corrected chi connectivity index (χ4v) is 1.94. The van der Waals surface area contributed by atoms with E-state index >= 15 is 0 Å². The summed E-state index contributed by atoms with van der Waals surface area (Å²) in [6.45, 7) is 13.1. The highest BCUT2D eigenvalue weighted by atomic mass is 15.2. The number of nitrogens with zero attached hydrogens (tertiary/aromatic N) is 2. The van der Waals surface area contributed by atoms with Gasteiger partial charge >= 0.3 is 0 Å². The summed E-state index contributed by atoms with van der Waals surface area (Å²) >= 11 is 0. The van der Waals surface area contributed by atoms with Gasteiger partial charge in [0.05, 0.1) is 0 Å². The van der Waals surface area contributed by atoms with E-state index in [1.54, 1.807) is 0 Å². The minimum absolute atomic E-state index is 0.678. The molecule has 0 aromatic carbocycles. The van der Waals surface area contributed by atoms with Crippen LogP contribution in [0.25, 0.3) is 0 Å². The summed E-state index contributed by atoms with van der Waals surface area (Å²) in [5, 5.41) is 0. The Bertz CT molecular complexity index is 162. The van der Waals surface area contributed by atoms with Crippen LogP contribution in [0.3, 0.4) is 0 Å². The van der Waals surface area contributed by atoms with Crippen molar-refractivity contribution >= 4 is 0 Å². The fourth-order valence-electron chi connectivity index (χ4n) is 1.94. The van der Waals surface area contributed by atoms with Gasteiger partial charge in [0, 0.05) is 25.2 Å².